The highest BCUT2D eigenvalue weighted by Gasteiger charge is 2.46. The van der Waals surface area contributed by atoms with E-state index >= 15 is 0 Å². The highest BCUT2D eigenvalue weighted by atomic mass is 14.5. The monoisotopic (exact) mass is 146 g/mol. The summed E-state index contributed by atoms with van der Waals surface area (Å²) < 4.78 is 0. The molecule has 58 valence electrons. The first-order valence-corrected chi connectivity index (χ1v) is 4.71. The Morgan fingerprint density at radius 1 is 1.45 bits per heavy atom. The van der Waals surface area contributed by atoms with Crippen molar-refractivity contribution >= 4 is 0 Å². The van der Waals surface area contributed by atoms with Crippen LogP contribution in [0.25, 0.3) is 0 Å². The van der Waals surface area contributed by atoms with E-state index in [0.717, 1.165) is 23.7 Å². The first-order chi connectivity index (χ1) is 5.36. The van der Waals surface area contributed by atoms with Gasteiger partial charge in [-0.1, -0.05) is 23.8 Å². The van der Waals surface area contributed by atoms with E-state index in [4.69, 9.17) is 0 Å². The number of rotatable bonds is 0. The molecule has 0 aromatic carbocycles. The summed E-state index contributed by atoms with van der Waals surface area (Å²) in [7, 11) is 0. The van der Waals surface area contributed by atoms with Gasteiger partial charge >= 0.3 is 0 Å². The highest BCUT2D eigenvalue weighted by molar-refractivity contribution is 5.27. The lowest BCUT2D eigenvalue weighted by Crippen LogP contribution is -2.15. The summed E-state index contributed by atoms with van der Waals surface area (Å²) in [5.41, 5.74) is 1.67. The lowest BCUT2D eigenvalue weighted by atomic mass is 9.82. The molecule has 0 amide bonds. The van der Waals surface area contributed by atoms with E-state index in [1.165, 1.54) is 12.8 Å². The first-order valence-electron chi connectivity index (χ1n) is 4.71. The molecular formula is C11H14. The zero-order chi connectivity index (χ0) is 7.42. The summed E-state index contributed by atoms with van der Waals surface area (Å²) in [6.07, 6.45) is 10.2. The van der Waals surface area contributed by atoms with Gasteiger partial charge in [-0.25, -0.2) is 0 Å². The number of hydrogen-bond acceptors (Lipinski definition) is 0. The van der Waals surface area contributed by atoms with Gasteiger partial charge in [-0.05, 0) is 43.4 Å². The van der Waals surface area contributed by atoms with Gasteiger partial charge in [0, 0.05) is 0 Å². The second-order valence-corrected chi connectivity index (χ2v) is 4.32. The Morgan fingerprint density at radius 2 is 2.36 bits per heavy atom. The smallest absolute Gasteiger partial charge is 0.0131 e. The van der Waals surface area contributed by atoms with Gasteiger partial charge in [0.25, 0.3) is 0 Å². The fraction of sp³-hybridized carbons (Fsp3) is 0.636. The summed E-state index contributed by atoms with van der Waals surface area (Å²) in [5, 5.41) is 0. The Hall–Kier alpha value is -0.520. The molecule has 0 heteroatoms. The molecule has 0 heterocycles. The molecule has 1 saturated carbocycles. The Bertz CT molecular complexity index is 247. The Kier molecular flexibility index (Phi) is 0.988. The molecule has 3 aliphatic carbocycles. The normalized spacial score (nSPS) is 51.5. The van der Waals surface area contributed by atoms with Crippen LogP contribution in [0.15, 0.2) is 23.8 Å². The van der Waals surface area contributed by atoms with Crippen LogP contribution in [0.4, 0.5) is 0 Å². The lowest BCUT2D eigenvalue weighted by molar-refractivity contribution is 0.388. The van der Waals surface area contributed by atoms with E-state index in [-0.39, 0.29) is 0 Å². The molecule has 0 spiro atoms. The van der Waals surface area contributed by atoms with Crippen LogP contribution in [-0.4, -0.2) is 0 Å². The van der Waals surface area contributed by atoms with Crippen LogP contribution < -0.4 is 0 Å². The fourth-order valence-electron chi connectivity index (χ4n) is 3.35. The Labute approximate surface area is 68.0 Å². The zero-order valence-electron chi connectivity index (χ0n) is 6.96. The molecule has 0 aromatic heterocycles. The van der Waals surface area contributed by atoms with Crippen molar-refractivity contribution in [2.24, 2.45) is 23.7 Å². The van der Waals surface area contributed by atoms with Gasteiger partial charge in [0.15, 0.2) is 0 Å². The van der Waals surface area contributed by atoms with Crippen LogP contribution in [-0.2, 0) is 0 Å². The summed E-state index contributed by atoms with van der Waals surface area (Å²) in [6.45, 7) is 2.31. The second kappa shape index (κ2) is 1.80. The quantitative estimate of drug-likeness (QED) is 0.461. The van der Waals surface area contributed by atoms with Crippen molar-refractivity contribution in [2.75, 3.05) is 0 Å². The third kappa shape index (κ3) is 0.610. The molecule has 0 nitrogen and oxygen atoms in total. The fourth-order valence-corrected chi connectivity index (χ4v) is 3.35. The lowest BCUT2D eigenvalue weighted by Gasteiger charge is -2.22. The van der Waals surface area contributed by atoms with Crippen molar-refractivity contribution in [3.8, 4) is 0 Å². The highest BCUT2D eigenvalue weighted by Crippen LogP contribution is 2.55. The summed E-state index contributed by atoms with van der Waals surface area (Å²) in [5.74, 6) is 3.82. The number of fused-ring (bicyclic) bond motifs is 5. The van der Waals surface area contributed by atoms with E-state index in [1.807, 2.05) is 0 Å². The second-order valence-electron chi connectivity index (χ2n) is 4.32. The SMILES string of the molecule is CC1=C[C@H]2C[C@@H]1[C@H]1C=CC[C@H]12. The van der Waals surface area contributed by atoms with E-state index in [9.17, 15) is 0 Å². The standard InChI is InChI=1S/C11H14/c1-7-5-8-6-11(7)10-4-2-3-9(8)10/h2,4-5,8-11H,3,6H2,1H3/t8-,9-,10-,11-/m0/s1. The van der Waals surface area contributed by atoms with E-state index in [2.05, 4.69) is 25.2 Å². The Balaban J connectivity index is 2.03. The summed E-state index contributed by atoms with van der Waals surface area (Å²) in [6, 6.07) is 0. The molecule has 3 aliphatic rings. The molecule has 2 bridgehead atoms. The van der Waals surface area contributed by atoms with Crippen LogP contribution >= 0.6 is 0 Å². The van der Waals surface area contributed by atoms with Gasteiger partial charge in [0.05, 0.1) is 0 Å². The van der Waals surface area contributed by atoms with Crippen molar-refractivity contribution in [3.63, 3.8) is 0 Å². The van der Waals surface area contributed by atoms with Gasteiger partial charge in [0.2, 0.25) is 0 Å². The van der Waals surface area contributed by atoms with Crippen molar-refractivity contribution in [1.82, 2.24) is 0 Å². The largest absolute Gasteiger partial charge is 0.0879 e. The Morgan fingerprint density at radius 3 is 3.27 bits per heavy atom. The van der Waals surface area contributed by atoms with Gasteiger partial charge in [-0.3, -0.25) is 0 Å². The van der Waals surface area contributed by atoms with Gasteiger partial charge in [-0.15, -0.1) is 0 Å². The minimum absolute atomic E-state index is 0.934. The third-order valence-electron chi connectivity index (χ3n) is 3.86. The summed E-state index contributed by atoms with van der Waals surface area (Å²) in [4.78, 5) is 0. The molecular weight excluding hydrogens is 132 g/mol. The molecule has 0 radical (unpaired) electrons. The molecule has 4 atom stereocenters. The van der Waals surface area contributed by atoms with Crippen LogP contribution in [0, 0.1) is 23.7 Å². The van der Waals surface area contributed by atoms with Crippen LogP contribution in [0.3, 0.4) is 0 Å². The maximum atomic E-state index is 2.53. The summed E-state index contributed by atoms with van der Waals surface area (Å²) >= 11 is 0. The predicted molar refractivity (Wildman–Crippen MR) is 46.1 cm³/mol. The van der Waals surface area contributed by atoms with Crippen molar-refractivity contribution in [3.05, 3.63) is 23.8 Å². The van der Waals surface area contributed by atoms with E-state index in [0.29, 0.717) is 0 Å². The molecule has 0 saturated heterocycles. The number of allylic oxidation sites excluding steroid dienone is 4. The van der Waals surface area contributed by atoms with Crippen LogP contribution in [0.2, 0.25) is 0 Å². The molecule has 0 N–H and O–H groups in total. The zero-order valence-corrected chi connectivity index (χ0v) is 6.96. The third-order valence-corrected chi connectivity index (χ3v) is 3.86. The van der Waals surface area contributed by atoms with E-state index < -0.39 is 0 Å². The van der Waals surface area contributed by atoms with Crippen molar-refractivity contribution < 1.29 is 0 Å². The molecule has 3 rings (SSSR count). The van der Waals surface area contributed by atoms with Crippen LogP contribution in [0.1, 0.15) is 19.8 Å². The van der Waals surface area contributed by atoms with Crippen molar-refractivity contribution in [1.29, 1.82) is 0 Å². The minimum Gasteiger partial charge on any atom is -0.0879 e. The molecule has 0 aromatic rings. The average molecular weight is 146 g/mol. The molecule has 0 aliphatic heterocycles. The maximum Gasteiger partial charge on any atom is -0.0131 e. The maximum absolute atomic E-state index is 2.53. The number of hydrogen-bond donors (Lipinski definition) is 0. The molecule has 1 fully saturated rings. The predicted octanol–water partition coefficient (Wildman–Crippen LogP) is 2.77. The minimum atomic E-state index is 0.934. The molecule has 0 unspecified atom stereocenters. The topological polar surface area (TPSA) is 0 Å². The van der Waals surface area contributed by atoms with Gasteiger partial charge in [0.1, 0.15) is 0 Å². The van der Waals surface area contributed by atoms with Gasteiger partial charge in [-0.2, -0.15) is 0 Å². The van der Waals surface area contributed by atoms with Gasteiger partial charge < -0.3 is 0 Å². The average Bonchev–Trinajstić information content (AvgIpc) is 2.52. The van der Waals surface area contributed by atoms with E-state index in [1.54, 1.807) is 5.57 Å². The first kappa shape index (κ1) is 6.05. The molecule has 11 heavy (non-hydrogen) atoms. The van der Waals surface area contributed by atoms with Crippen molar-refractivity contribution in [2.45, 2.75) is 19.8 Å². The van der Waals surface area contributed by atoms with Crippen LogP contribution in [0.5, 0.6) is 0 Å².